The Labute approximate surface area is 60.0 Å². The SMILES string of the molecule is CC(O)CC(C)(C)[AsH2]. The Hall–Kier alpha value is 0.518. The zero-order valence-corrected chi connectivity index (χ0v) is 8.23. The first-order valence-electron chi connectivity index (χ1n) is 2.89. The van der Waals surface area contributed by atoms with Gasteiger partial charge in [0.1, 0.15) is 0 Å². The predicted octanol–water partition coefficient (Wildman–Crippen LogP) is 0.589. The van der Waals surface area contributed by atoms with Crippen LogP contribution in [0.3, 0.4) is 0 Å². The van der Waals surface area contributed by atoms with Gasteiger partial charge in [0, 0.05) is 0 Å². The second-order valence-electron chi connectivity index (χ2n) is 3.04. The van der Waals surface area contributed by atoms with Gasteiger partial charge in [0.15, 0.2) is 0 Å². The molecule has 0 fully saturated rings. The molecule has 2 unspecified atom stereocenters. The summed E-state index contributed by atoms with van der Waals surface area (Å²) in [5.74, 6) is 0. The molecule has 0 aliphatic heterocycles. The molecule has 0 aliphatic rings. The maximum atomic E-state index is 8.90. The van der Waals surface area contributed by atoms with E-state index >= 15 is 0 Å². The van der Waals surface area contributed by atoms with Gasteiger partial charge in [-0.25, -0.2) is 0 Å². The number of rotatable bonds is 2. The first kappa shape index (κ1) is 8.52. The predicted molar refractivity (Wildman–Crippen MR) is 38.9 cm³/mol. The minimum atomic E-state index is -0.142. The van der Waals surface area contributed by atoms with Crippen LogP contribution in [0.1, 0.15) is 27.2 Å². The van der Waals surface area contributed by atoms with E-state index in [9.17, 15) is 0 Å². The van der Waals surface area contributed by atoms with Crippen molar-refractivity contribution in [2.45, 2.75) is 37.5 Å². The maximum absolute atomic E-state index is 8.90. The van der Waals surface area contributed by atoms with Crippen molar-refractivity contribution in [3.05, 3.63) is 0 Å². The van der Waals surface area contributed by atoms with Gasteiger partial charge in [-0.05, 0) is 0 Å². The summed E-state index contributed by atoms with van der Waals surface area (Å²) in [6, 6.07) is 0. The molecule has 0 aromatic heterocycles. The summed E-state index contributed by atoms with van der Waals surface area (Å²) in [4.78, 5) is 0. The average Bonchev–Trinajstić information content (AvgIpc) is 1.21. The quantitative estimate of drug-likeness (QED) is 0.613. The van der Waals surface area contributed by atoms with E-state index in [2.05, 4.69) is 13.8 Å². The van der Waals surface area contributed by atoms with Crippen LogP contribution in [0.25, 0.3) is 0 Å². The fourth-order valence-corrected chi connectivity index (χ4v) is 1.48. The summed E-state index contributed by atoms with van der Waals surface area (Å²) in [5, 5.41) is 8.90. The summed E-state index contributed by atoms with van der Waals surface area (Å²) >= 11 is 1.69. The molecular formula is C6H15AsO. The molecule has 0 heterocycles. The summed E-state index contributed by atoms with van der Waals surface area (Å²) in [5.41, 5.74) is 0. The fourth-order valence-electron chi connectivity index (χ4n) is 0.761. The molecule has 1 N–H and O–H groups in total. The summed E-state index contributed by atoms with van der Waals surface area (Å²) in [7, 11) is 0. The Morgan fingerprint density at radius 3 is 2.00 bits per heavy atom. The van der Waals surface area contributed by atoms with Crippen LogP contribution in [0.4, 0.5) is 0 Å². The number of hydrogen-bond donors (Lipinski definition) is 1. The van der Waals surface area contributed by atoms with Gasteiger partial charge in [-0.1, -0.05) is 0 Å². The Kier molecular flexibility index (Phi) is 3.07. The van der Waals surface area contributed by atoms with Crippen LogP contribution < -0.4 is 0 Å². The van der Waals surface area contributed by atoms with Crippen LogP contribution in [0, 0.1) is 0 Å². The van der Waals surface area contributed by atoms with Crippen molar-refractivity contribution in [2.75, 3.05) is 0 Å². The van der Waals surface area contributed by atoms with E-state index < -0.39 is 0 Å². The normalized spacial score (nSPS) is 16.1. The molecule has 8 heavy (non-hydrogen) atoms. The van der Waals surface area contributed by atoms with E-state index in [1.807, 2.05) is 6.92 Å². The van der Waals surface area contributed by atoms with Crippen molar-refractivity contribution >= 4 is 16.9 Å². The minimum absolute atomic E-state index is 0.142. The number of aliphatic hydroxyl groups is 1. The summed E-state index contributed by atoms with van der Waals surface area (Å²) < 4.78 is 0.334. The van der Waals surface area contributed by atoms with Crippen LogP contribution in [-0.4, -0.2) is 28.1 Å². The van der Waals surface area contributed by atoms with Gasteiger partial charge in [0.2, 0.25) is 0 Å². The average molecular weight is 178 g/mol. The first-order valence-corrected chi connectivity index (χ1v) is 4.10. The van der Waals surface area contributed by atoms with E-state index in [0.29, 0.717) is 4.20 Å². The summed E-state index contributed by atoms with van der Waals surface area (Å²) in [6.45, 7) is 6.14. The zero-order valence-electron chi connectivity index (χ0n) is 5.81. The molecule has 50 valence electrons. The molecule has 2 heteroatoms. The van der Waals surface area contributed by atoms with E-state index in [1.165, 1.54) is 0 Å². The van der Waals surface area contributed by atoms with Gasteiger partial charge in [-0.2, -0.15) is 0 Å². The van der Waals surface area contributed by atoms with Crippen LogP contribution in [0.2, 0.25) is 4.20 Å². The van der Waals surface area contributed by atoms with Gasteiger partial charge >= 0.3 is 59.5 Å². The Balaban J connectivity index is 3.39. The molecule has 0 saturated heterocycles. The second-order valence-corrected chi connectivity index (χ2v) is 6.32. The molecule has 1 nitrogen and oxygen atoms in total. The van der Waals surface area contributed by atoms with Crippen LogP contribution >= 0.6 is 0 Å². The number of hydrogen-bond acceptors (Lipinski definition) is 1. The molecular weight excluding hydrogens is 163 g/mol. The molecule has 0 aliphatic carbocycles. The van der Waals surface area contributed by atoms with E-state index in [-0.39, 0.29) is 6.10 Å². The third-order valence-electron chi connectivity index (χ3n) is 0.822. The van der Waals surface area contributed by atoms with Crippen LogP contribution in [-0.2, 0) is 0 Å². The molecule has 0 radical (unpaired) electrons. The molecule has 0 amide bonds. The molecule has 0 spiro atoms. The first-order chi connectivity index (χ1) is 3.42. The van der Waals surface area contributed by atoms with Crippen molar-refractivity contribution in [1.29, 1.82) is 0 Å². The van der Waals surface area contributed by atoms with Gasteiger partial charge in [0.05, 0.1) is 0 Å². The topological polar surface area (TPSA) is 20.2 Å². The molecule has 2 atom stereocenters. The zero-order chi connectivity index (χ0) is 6.78. The van der Waals surface area contributed by atoms with Crippen LogP contribution in [0.5, 0.6) is 0 Å². The van der Waals surface area contributed by atoms with Crippen molar-refractivity contribution in [2.24, 2.45) is 0 Å². The Morgan fingerprint density at radius 2 is 2.00 bits per heavy atom. The van der Waals surface area contributed by atoms with Crippen molar-refractivity contribution in [1.82, 2.24) is 0 Å². The van der Waals surface area contributed by atoms with Gasteiger partial charge in [-0.15, -0.1) is 0 Å². The molecule has 0 saturated carbocycles. The van der Waals surface area contributed by atoms with E-state index in [4.69, 9.17) is 5.11 Å². The number of aliphatic hydroxyl groups excluding tert-OH is 1. The molecule has 0 aromatic rings. The van der Waals surface area contributed by atoms with Gasteiger partial charge in [-0.3, -0.25) is 0 Å². The molecule has 0 rings (SSSR count). The van der Waals surface area contributed by atoms with E-state index in [0.717, 1.165) is 6.42 Å². The summed E-state index contributed by atoms with van der Waals surface area (Å²) in [6.07, 6.45) is 0.768. The third-order valence-corrected chi connectivity index (χ3v) is 1.32. The van der Waals surface area contributed by atoms with E-state index in [1.54, 1.807) is 16.9 Å². The van der Waals surface area contributed by atoms with Crippen molar-refractivity contribution in [3.63, 3.8) is 0 Å². The Bertz CT molecular complexity index is 63.4. The van der Waals surface area contributed by atoms with Gasteiger partial charge < -0.3 is 0 Å². The van der Waals surface area contributed by atoms with Gasteiger partial charge in [0.25, 0.3) is 0 Å². The standard InChI is InChI=1S/C6H15AsO/c1-5(8)4-6(2,3)7/h5,8H,4,7H2,1-3H3. The second kappa shape index (κ2) is 2.89. The fraction of sp³-hybridized carbons (Fsp3) is 1.00. The molecule has 0 aromatic carbocycles. The molecule has 0 bridgehead atoms. The third kappa shape index (κ3) is 6.52. The van der Waals surface area contributed by atoms with Crippen LogP contribution in [0.15, 0.2) is 0 Å². The van der Waals surface area contributed by atoms with Crippen molar-refractivity contribution < 1.29 is 5.11 Å². The van der Waals surface area contributed by atoms with Crippen molar-refractivity contribution in [3.8, 4) is 0 Å². The Morgan fingerprint density at radius 1 is 1.62 bits per heavy atom. The monoisotopic (exact) mass is 178 g/mol.